The lowest BCUT2D eigenvalue weighted by Crippen LogP contribution is -2.49. The van der Waals surface area contributed by atoms with Crippen molar-refractivity contribution in [2.45, 2.75) is 18.9 Å². The van der Waals surface area contributed by atoms with Crippen LogP contribution >= 0.6 is 0 Å². The molecule has 17 heavy (non-hydrogen) atoms. The molecular weight excluding hydrogens is 226 g/mol. The van der Waals surface area contributed by atoms with Gasteiger partial charge in [0.2, 0.25) is 0 Å². The molecule has 6 heteroatoms. The molecule has 1 amide bonds. The summed E-state index contributed by atoms with van der Waals surface area (Å²) < 4.78 is 4.63. The molecule has 1 saturated heterocycles. The van der Waals surface area contributed by atoms with Crippen molar-refractivity contribution >= 4 is 12.1 Å². The third-order valence-corrected chi connectivity index (χ3v) is 3.28. The summed E-state index contributed by atoms with van der Waals surface area (Å²) >= 11 is 0. The van der Waals surface area contributed by atoms with Crippen molar-refractivity contribution in [1.29, 1.82) is 0 Å². The fourth-order valence-electron chi connectivity index (χ4n) is 2.37. The predicted molar refractivity (Wildman–Crippen MR) is 59.5 cm³/mol. The number of rotatable bonds is 4. The zero-order valence-electron chi connectivity index (χ0n) is 9.76. The summed E-state index contributed by atoms with van der Waals surface area (Å²) in [6, 6.07) is -0.965. The molecule has 0 saturated carbocycles. The summed E-state index contributed by atoms with van der Waals surface area (Å²) in [5.74, 6) is -0.638. The molecule has 0 radical (unpaired) electrons. The van der Waals surface area contributed by atoms with Crippen molar-refractivity contribution in [3.63, 3.8) is 0 Å². The van der Waals surface area contributed by atoms with Crippen molar-refractivity contribution in [3.05, 3.63) is 12.7 Å². The minimum Gasteiger partial charge on any atom is -0.467 e. The second-order valence-corrected chi connectivity index (χ2v) is 4.16. The summed E-state index contributed by atoms with van der Waals surface area (Å²) in [6.07, 6.45) is 1.19. The molecule has 1 heterocycles. The number of hydrogen-bond acceptors (Lipinski definition) is 4. The van der Waals surface area contributed by atoms with Crippen LogP contribution in [0.2, 0.25) is 0 Å². The van der Waals surface area contributed by atoms with Gasteiger partial charge in [-0.3, -0.25) is 4.90 Å². The molecule has 0 aromatic carbocycles. The number of likely N-dealkylation sites (tertiary alicyclic amines) is 1. The van der Waals surface area contributed by atoms with Gasteiger partial charge in [0.15, 0.2) is 0 Å². The normalized spacial score (nSPS) is 27.9. The second-order valence-electron chi connectivity index (χ2n) is 4.16. The lowest BCUT2D eigenvalue weighted by Gasteiger charge is -2.32. The smallest absolute Gasteiger partial charge is 0.408 e. The monoisotopic (exact) mass is 243 g/mol. The Labute approximate surface area is 99.5 Å². The van der Waals surface area contributed by atoms with E-state index < -0.39 is 23.5 Å². The van der Waals surface area contributed by atoms with Crippen LogP contribution in [0.3, 0.4) is 0 Å². The van der Waals surface area contributed by atoms with Crippen molar-refractivity contribution in [1.82, 2.24) is 4.90 Å². The van der Waals surface area contributed by atoms with Gasteiger partial charge in [0.25, 0.3) is 0 Å². The van der Waals surface area contributed by atoms with Crippen LogP contribution in [-0.2, 0) is 9.53 Å². The molecule has 2 atom stereocenters. The molecule has 0 aromatic rings. The maximum atomic E-state index is 11.7. The summed E-state index contributed by atoms with van der Waals surface area (Å²) in [5.41, 5.74) is -0.812. The van der Waals surface area contributed by atoms with E-state index in [0.717, 1.165) is 4.90 Å². The summed E-state index contributed by atoms with van der Waals surface area (Å²) in [4.78, 5) is 23.8. The van der Waals surface area contributed by atoms with Crippen LogP contribution in [-0.4, -0.2) is 53.5 Å². The van der Waals surface area contributed by atoms with Gasteiger partial charge in [-0.15, -0.1) is 6.58 Å². The van der Waals surface area contributed by atoms with E-state index in [-0.39, 0.29) is 13.2 Å². The topological polar surface area (TPSA) is 87.1 Å². The average molecular weight is 243 g/mol. The Morgan fingerprint density at radius 2 is 2.29 bits per heavy atom. The van der Waals surface area contributed by atoms with Gasteiger partial charge in [0, 0.05) is 12.0 Å². The molecule has 1 aliphatic heterocycles. The Morgan fingerprint density at radius 3 is 2.71 bits per heavy atom. The third-order valence-electron chi connectivity index (χ3n) is 3.28. The first-order valence-electron chi connectivity index (χ1n) is 5.31. The molecule has 0 aromatic heterocycles. The second kappa shape index (κ2) is 5.18. The van der Waals surface area contributed by atoms with Crippen LogP contribution in [0.1, 0.15) is 12.8 Å². The van der Waals surface area contributed by atoms with E-state index >= 15 is 0 Å². The van der Waals surface area contributed by atoms with Gasteiger partial charge in [-0.1, -0.05) is 6.08 Å². The van der Waals surface area contributed by atoms with Gasteiger partial charge >= 0.3 is 12.1 Å². The number of carboxylic acid groups (broad SMARTS) is 1. The summed E-state index contributed by atoms with van der Waals surface area (Å²) in [5, 5.41) is 18.5. The highest BCUT2D eigenvalue weighted by Crippen LogP contribution is 2.40. The molecule has 0 aliphatic carbocycles. The molecule has 96 valence electrons. The predicted octanol–water partition coefficient (Wildman–Crippen LogP) is 0.466. The van der Waals surface area contributed by atoms with Gasteiger partial charge < -0.3 is 14.9 Å². The van der Waals surface area contributed by atoms with Crippen LogP contribution in [0.4, 0.5) is 4.79 Å². The van der Waals surface area contributed by atoms with E-state index in [2.05, 4.69) is 11.3 Å². The fourth-order valence-corrected chi connectivity index (χ4v) is 2.37. The minimum absolute atomic E-state index is 0.212. The summed E-state index contributed by atoms with van der Waals surface area (Å²) in [7, 11) is 1.21. The highest BCUT2D eigenvalue weighted by Gasteiger charge is 2.52. The van der Waals surface area contributed by atoms with E-state index in [1.165, 1.54) is 7.11 Å². The van der Waals surface area contributed by atoms with Gasteiger partial charge in [0.05, 0.1) is 13.7 Å². The first-order valence-corrected chi connectivity index (χ1v) is 5.31. The maximum absolute atomic E-state index is 11.7. The van der Waals surface area contributed by atoms with Crippen molar-refractivity contribution in [3.8, 4) is 0 Å². The van der Waals surface area contributed by atoms with Crippen LogP contribution in [0.25, 0.3) is 0 Å². The molecule has 1 rings (SSSR count). The zero-order chi connectivity index (χ0) is 13.1. The fraction of sp³-hybridized carbons (Fsp3) is 0.636. The Balaban J connectivity index is 3.09. The van der Waals surface area contributed by atoms with E-state index in [1.807, 2.05) is 0 Å². The highest BCUT2D eigenvalue weighted by molar-refractivity contribution is 5.82. The van der Waals surface area contributed by atoms with Gasteiger partial charge in [-0.2, -0.15) is 0 Å². The highest BCUT2D eigenvalue weighted by atomic mass is 16.5. The zero-order valence-corrected chi connectivity index (χ0v) is 9.76. The van der Waals surface area contributed by atoms with Crippen LogP contribution in [0, 0.1) is 5.41 Å². The number of ether oxygens (including phenoxy) is 1. The van der Waals surface area contributed by atoms with Gasteiger partial charge in [-0.25, -0.2) is 9.59 Å². The molecule has 6 nitrogen and oxygen atoms in total. The number of carbonyl (C=O) groups excluding carboxylic acids is 1. The van der Waals surface area contributed by atoms with Crippen LogP contribution in [0.5, 0.6) is 0 Å². The molecular formula is C11H17NO5. The maximum Gasteiger partial charge on any atom is 0.408 e. The number of nitrogens with zero attached hydrogens (tertiary/aromatic N) is 1. The Morgan fingerprint density at radius 1 is 1.65 bits per heavy atom. The SMILES string of the molecule is C=CCC1(CO)CCN(C(=O)O)C1C(=O)OC. The Bertz CT molecular complexity index is 330. The number of amides is 1. The average Bonchev–Trinajstić information content (AvgIpc) is 2.69. The molecule has 2 unspecified atom stereocenters. The largest absolute Gasteiger partial charge is 0.467 e. The van der Waals surface area contributed by atoms with E-state index in [1.54, 1.807) is 6.08 Å². The van der Waals surface area contributed by atoms with Crippen LogP contribution in [0.15, 0.2) is 12.7 Å². The number of aliphatic hydroxyl groups is 1. The van der Waals surface area contributed by atoms with E-state index in [4.69, 9.17) is 5.11 Å². The minimum atomic E-state index is -1.18. The molecule has 2 N–H and O–H groups in total. The third kappa shape index (κ3) is 2.26. The first kappa shape index (κ1) is 13.5. The van der Waals surface area contributed by atoms with Gasteiger partial charge in [-0.05, 0) is 12.8 Å². The van der Waals surface area contributed by atoms with Crippen molar-refractivity contribution in [2.24, 2.45) is 5.41 Å². The quantitative estimate of drug-likeness (QED) is 0.553. The molecule has 0 spiro atoms. The summed E-state index contributed by atoms with van der Waals surface area (Å²) in [6.45, 7) is 3.51. The Kier molecular flexibility index (Phi) is 4.11. The Hall–Kier alpha value is -1.56. The number of aliphatic hydroxyl groups excluding tert-OH is 1. The van der Waals surface area contributed by atoms with E-state index in [0.29, 0.717) is 12.8 Å². The first-order chi connectivity index (χ1) is 8.02. The number of hydrogen-bond donors (Lipinski definition) is 2. The number of methoxy groups -OCH3 is 1. The van der Waals surface area contributed by atoms with Gasteiger partial charge in [0.1, 0.15) is 6.04 Å². The number of carbonyl (C=O) groups is 2. The standard InChI is InChI=1S/C11H17NO5/c1-3-4-11(7-13)5-6-12(10(15)16)8(11)9(14)17-2/h3,8,13H,1,4-7H2,2H3,(H,15,16). The van der Waals surface area contributed by atoms with Crippen molar-refractivity contribution in [2.75, 3.05) is 20.3 Å². The van der Waals surface area contributed by atoms with Crippen molar-refractivity contribution < 1.29 is 24.5 Å². The molecule has 0 bridgehead atoms. The van der Waals surface area contributed by atoms with Crippen LogP contribution < -0.4 is 0 Å². The number of allylic oxidation sites excluding steroid dienone is 1. The molecule has 1 aliphatic rings. The molecule has 1 fully saturated rings. The lowest BCUT2D eigenvalue weighted by molar-refractivity contribution is -0.149. The number of esters is 1. The van der Waals surface area contributed by atoms with E-state index in [9.17, 15) is 14.7 Å². The lowest BCUT2D eigenvalue weighted by atomic mass is 9.78.